The number of hydrogen-bond donors (Lipinski definition) is 0. The van der Waals surface area contributed by atoms with Gasteiger partial charge in [-0.1, -0.05) is 99.0 Å². The summed E-state index contributed by atoms with van der Waals surface area (Å²) in [6.45, 7) is 9.72. The standard InChI is InChI=1S/C41H36N2OSi2/c1-45(2)37-17-9-5-13-33(37)42(34-14-6-10-18-38(34)45)31-25-21-29(22-26-31)41(44)30-23-27-32(28-24-30)43-35-15-7-11-19-39(35)46(3,4)40-20-12-8-16-36(40)43/h5-28H,1-4H3. The summed E-state index contributed by atoms with van der Waals surface area (Å²) in [5.41, 5.74) is 8.44. The molecule has 0 atom stereocenters. The zero-order valence-electron chi connectivity index (χ0n) is 26.7. The van der Waals surface area contributed by atoms with Crippen LogP contribution in [-0.4, -0.2) is 21.9 Å². The quantitative estimate of drug-likeness (QED) is 0.146. The lowest BCUT2D eigenvalue weighted by Gasteiger charge is -2.41. The Morgan fingerprint density at radius 1 is 0.391 bits per heavy atom. The fourth-order valence-corrected chi connectivity index (χ4v) is 13.6. The Hall–Kier alpha value is -4.98. The number of carbonyl (C=O) groups excluding carboxylic acids is 1. The van der Waals surface area contributed by atoms with Gasteiger partial charge in [0.25, 0.3) is 0 Å². The third kappa shape index (κ3) is 4.26. The molecule has 3 nitrogen and oxygen atoms in total. The van der Waals surface area contributed by atoms with E-state index >= 15 is 0 Å². The average molecular weight is 629 g/mol. The summed E-state index contributed by atoms with van der Waals surface area (Å²) < 4.78 is 0. The van der Waals surface area contributed by atoms with Crippen LogP contribution in [0.25, 0.3) is 0 Å². The number of nitrogens with zero attached hydrogens (tertiary/aromatic N) is 2. The summed E-state index contributed by atoms with van der Waals surface area (Å²) in [7, 11) is -3.68. The van der Waals surface area contributed by atoms with Gasteiger partial charge in [0.05, 0.1) is 0 Å². The normalized spacial score (nSPS) is 15.3. The Morgan fingerprint density at radius 2 is 0.652 bits per heavy atom. The van der Waals surface area contributed by atoms with Gasteiger partial charge < -0.3 is 9.80 Å². The molecule has 2 aliphatic heterocycles. The van der Waals surface area contributed by atoms with Crippen molar-refractivity contribution in [2.24, 2.45) is 0 Å². The Kier molecular flexibility index (Phi) is 6.53. The zero-order valence-corrected chi connectivity index (χ0v) is 28.7. The molecule has 0 saturated carbocycles. The van der Waals surface area contributed by atoms with E-state index in [4.69, 9.17) is 0 Å². The highest BCUT2D eigenvalue weighted by Crippen LogP contribution is 2.40. The lowest BCUT2D eigenvalue weighted by atomic mass is 10.0. The van der Waals surface area contributed by atoms with Crippen molar-refractivity contribution in [3.05, 3.63) is 157 Å². The van der Waals surface area contributed by atoms with E-state index < -0.39 is 16.1 Å². The van der Waals surface area contributed by atoms with Gasteiger partial charge in [0, 0.05) is 45.3 Å². The third-order valence-corrected chi connectivity index (χ3v) is 17.1. The average Bonchev–Trinajstić information content (AvgIpc) is 3.09. The second kappa shape index (κ2) is 10.5. The molecule has 0 bridgehead atoms. The van der Waals surface area contributed by atoms with Crippen molar-refractivity contribution in [2.75, 3.05) is 9.80 Å². The molecule has 0 N–H and O–H groups in total. The van der Waals surface area contributed by atoms with Crippen LogP contribution in [0.4, 0.5) is 34.1 Å². The summed E-state index contributed by atoms with van der Waals surface area (Å²) in [6.07, 6.45) is 0. The van der Waals surface area contributed by atoms with Crippen molar-refractivity contribution >= 4 is 76.8 Å². The van der Waals surface area contributed by atoms with E-state index in [2.05, 4.69) is 157 Å². The summed E-state index contributed by atoms with van der Waals surface area (Å²) in [5.74, 6) is 0.0269. The Morgan fingerprint density at radius 3 is 0.935 bits per heavy atom. The van der Waals surface area contributed by atoms with Gasteiger partial charge in [-0.05, 0) is 93.5 Å². The highest BCUT2D eigenvalue weighted by molar-refractivity contribution is 7.03. The summed E-state index contributed by atoms with van der Waals surface area (Å²) in [4.78, 5) is 18.5. The largest absolute Gasteiger partial charge is 0.311 e. The van der Waals surface area contributed by atoms with Gasteiger partial charge in [0.1, 0.15) is 16.1 Å². The van der Waals surface area contributed by atoms with Crippen LogP contribution in [0.15, 0.2) is 146 Å². The molecular formula is C41H36N2OSi2. The number of benzene rings is 6. The second-order valence-electron chi connectivity index (χ2n) is 13.4. The van der Waals surface area contributed by atoms with Crippen molar-refractivity contribution in [2.45, 2.75) is 26.2 Å². The Balaban J connectivity index is 1.11. The topological polar surface area (TPSA) is 23.6 Å². The molecule has 2 heterocycles. The molecular weight excluding hydrogens is 593 g/mol. The predicted molar refractivity (Wildman–Crippen MR) is 199 cm³/mol. The smallest absolute Gasteiger partial charge is 0.193 e. The molecule has 2 aliphatic rings. The molecule has 0 unspecified atom stereocenters. The first-order chi connectivity index (χ1) is 22.3. The zero-order chi connectivity index (χ0) is 31.6. The fourth-order valence-electron chi connectivity index (χ4n) is 7.59. The van der Waals surface area contributed by atoms with Crippen molar-refractivity contribution in [1.82, 2.24) is 0 Å². The van der Waals surface area contributed by atoms with Crippen LogP contribution in [0.5, 0.6) is 0 Å². The van der Waals surface area contributed by atoms with Gasteiger partial charge in [0.2, 0.25) is 0 Å². The Labute approximate surface area is 273 Å². The van der Waals surface area contributed by atoms with E-state index in [0.717, 1.165) is 11.4 Å². The van der Waals surface area contributed by atoms with E-state index in [1.54, 1.807) is 0 Å². The molecule has 6 aromatic rings. The van der Waals surface area contributed by atoms with E-state index in [1.807, 2.05) is 24.3 Å². The van der Waals surface area contributed by atoms with Gasteiger partial charge >= 0.3 is 0 Å². The van der Waals surface area contributed by atoms with Crippen LogP contribution in [0.2, 0.25) is 26.2 Å². The number of ketones is 1. The van der Waals surface area contributed by atoms with Gasteiger partial charge in [-0.15, -0.1) is 0 Å². The monoisotopic (exact) mass is 628 g/mol. The van der Waals surface area contributed by atoms with Crippen molar-refractivity contribution in [1.29, 1.82) is 0 Å². The number of hydrogen-bond acceptors (Lipinski definition) is 3. The fraction of sp³-hybridized carbons (Fsp3) is 0.0976. The summed E-state index contributed by atoms with van der Waals surface area (Å²) in [6, 6.07) is 51.4. The van der Waals surface area contributed by atoms with Crippen LogP contribution in [0.1, 0.15) is 15.9 Å². The minimum absolute atomic E-state index is 0.0269. The number of anilines is 6. The number of fused-ring (bicyclic) bond motifs is 4. The molecule has 0 fully saturated rings. The highest BCUT2D eigenvalue weighted by Gasteiger charge is 2.39. The van der Waals surface area contributed by atoms with Crippen LogP contribution in [0.3, 0.4) is 0 Å². The SMILES string of the molecule is C[Si]1(C)c2ccccc2N(c2ccc(C(=O)c3ccc(N4c5ccccc5[Si](C)(C)c5ccccc54)cc3)cc2)c2ccccc21. The molecule has 224 valence electrons. The van der Waals surface area contributed by atoms with E-state index in [-0.39, 0.29) is 5.78 Å². The maximum Gasteiger partial charge on any atom is 0.193 e. The molecule has 6 aromatic carbocycles. The van der Waals surface area contributed by atoms with Crippen LogP contribution >= 0.6 is 0 Å². The minimum atomic E-state index is -1.84. The molecule has 0 amide bonds. The van der Waals surface area contributed by atoms with E-state index in [1.165, 1.54) is 43.5 Å². The maximum absolute atomic E-state index is 13.8. The highest BCUT2D eigenvalue weighted by atomic mass is 28.3. The predicted octanol–water partition coefficient (Wildman–Crippen LogP) is 8.13. The first-order valence-electron chi connectivity index (χ1n) is 16.0. The van der Waals surface area contributed by atoms with Gasteiger partial charge in [-0.2, -0.15) is 0 Å². The molecule has 46 heavy (non-hydrogen) atoms. The van der Waals surface area contributed by atoms with Crippen LogP contribution in [0, 0.1) is 0 Å². The second-order valence-corrected chi connectivity index (χ2v) is 22.1. The third-order valence-electron chi connectivity index (χ3n) is 10.0. The molecule has 0 radical (unpaired) electrons. The van der Waals surface area contributed by atoms with Crippen LogP contribution < -0.4 is 30.5 Å². The summed E-state index contributed by atoms with van der Waals surface area (Å²) in [5, 5.41) is 5.72. The molecule has 0 aromatic heterocycles. The van der Waals surface area contributed by atoms with Crippen LogP contribution in [-0.2, 0) is 0 Å². The van der Waals surface area contributed by atoms with E-state index in [0.29, 0.717) is 11.1 Å². The molecule has 0 aliphatic carbocycles. The van der Waals surface area contributed by atoms with Gasteiger partial charge in [0.15, 0.2) is 5.78 Å². The van der Waals surface area contributed by atoms with Gasteiger partial charge in [-0.25, -0.2) is 0 Å². The number of para-hydroxylation sites is 4. The first kappa shape index (κ1) is 28.5. The Bertz CT molecular complexity index is 1880. The first-order valence-corrected chi connectivity index (χ1v) is 22.0. The van der Waals surface area contributed by atoms with Gasteiger partial charge in [-0.3, -0.25) is 4.79 Å². The minimum Gasteiger partial charge on any atom is -0.311 e. The van der Waals surface area contributed by atoms with E-state index in [9.17, 15) is 4.79 Å². The number of rotatable bonds is 4. The molecule has 0 spiro atoms. The van der Waals surface area contributed by atoms with Crippen molar-refractivity contribution < 1.29 is 4.79 Å². The maximum atomic E-state index is 13.8. The van der Waals surface area contributed by atoms with Crippen molar-refractivity contribution in [3.8, 4) is 0 Å². The molecule has 8 rings (SSSR count). The summed E-state index contributed by atoms with van der Waals surface area (Å²) >= 11 is 0. The molecule has 5 heteroatoms. The molecule has 0 saturated heterocycles. The number of carbonyl (C=O) groups is 1. The lowest BCUT2D eigenvalue weighted by molar-refractivity contribution is 0.103. The van der Waals surface area contributed by atoms with Crippen molar-refractivity contribution in [3.63, 3.8) is 0 Å². The lowest BCUT2D eigenvalue weighted by Crippen LogP contribution is -2.58.